The summed E-state index contributed by atoms with van der Waals surface area (Å²) < 4.78 is 42.6. The van der Waals surface area contributed by atoms with Crippen LogP contribution in [0.2, 0.25) is 0 Å². The lowest BCUT2D eigenvalue weighted by Gasteiger charge is -2.34. The number of rotatable bonds is 7. The van der Waals surface area contributed by atoms with Crippen LogP contribution in [-0.2, 0) is 21.5 Å². The average molecular weight is 405 g/mol. The Morgan fingerprint density at radius 1 is 1.11 bits per heavy atom. The van der Waals surface area contributed by atoms with Crippen LogP contribution in [0.3, 0.4) is 0 Å². The molecule has 1 saturated carbocycles. The summed E-state index contributed by atoms with van der Waals surface area (Å²) in [7, 11) is -4.03. The van der Waals surface area contributed by atoms with Crippen LogP contribution in [0, 0.1) is 11.7 Å². The Morgan fingerprint density at radius 2 is 1.71 bits per heavy atom. The van der Waals surface area contributed by atoms with E-state index in [1.54, 1.807) is 24.3 Å². The topological polar surface area (TPSA) is 63.7 Å². The Kier molecular flexibility index (Phi) is 6.03. The summed E-state index contributed by atoms with van der Waals surface area (Å²) in [5, 5.41) is 0. The molecular weight excluding hydrogens is 381 g/mol. The fourth-order valence-corrected chi connectivity index (χ4v) is 3.96. The van der Waals surface area contributed by atoms with Crippen molar-refractivity contribution in [2.75, 3.05) is 0 Å². The second-order valence-electron chi connectivity index (χ2n) is 7.32. The van der Waals surface area contributed by atoms with Crippen molar-refractivity contribution in [3.8, 4) is 5.75 Å². The zero-order valence-electron chi connectivity index (χ0n) is 16.0. The lowest BCUT2D eigenvalue weighted by Crippen LogP contribution is -2.42. The number of halogens is 1. The molecule has 0 unspecified atom stereocenters. The molecule has 1 aliphatic carbocycles. The van der Waals surface area contributed by atoms with Crippen molar-refractivity contribution >= 4 is 16.0 Å². The third-order valence-corrected chi connectivity index (χ3v) is 6.21. The van der Waals surface area contributed by atoms with Crippen LogP contribution in [0.5, 0.6) is 5.75 Å². The van der Waals surface area contributed by atoms with Gasteiger partial charge in [0, 0.05) is 18.5 Å². The predicted molar refractivity (Wildman–Crippen MR) is 104 cm³/mol. The monoisotopic (exact) mass is 405 g/mol. The van der Waals surface area contributed by atoms with Gasteiger partial charge in [0.25, 0.3) is 0 Å². The highest BCUT2D eigenvalue weighted by Gasteiger charge is 2.30. The second kappa shape index (κ2) is 8.31. The number of amides is 1. The van der Waals surface area contributed by atoms with E-state index in [1.165, 1.54) is 0 Å². The molecular formula is C21H24FNO4S. The molecule has 7 heteroatoms. The van der Waals surface area contributed by atoms with E-state index in [-0.39, 0.29) is 28.5 Å². The first-order chi connectivity index (χ1) is 13.3. The molecule has 1 fully saturated rings. The highest BCUT2D eigenvalue weighted by atomic mass is 32.2. The fraction of sp³-hybridized carbons (Fsp3) is 0.381. The summed E-state index contributed by atoms with van der Waals surface area (Å²) in [5.74, 6) is -0.0460. The first kappa shape index (κ1) is 20.3. The number of nitrogens with zero attached hydrogens (tertiary/aromatic N) is 1. The van der Waals surface area contributed by atoms with Crippen molar-refractivity contribution in [1.29, 1.82) is 0 Å². The molecule has 5 nitrogen and oxygen atoms in total. The molecule has 3 rings (SSSR count). The van der Waals surface area contributed by atoms with Crippen LogP contribution in [0.4, 0.5) is 4.39 Å². The van der Waals surface area contributed by atoms with Crippen LogP contribution in [0.25, 0.3) is 0 Å². The molecule has 0 N–H and O–H groups in total. The number of benzene rings is 2. The molecule has 2 aromatic carbocycles. The maximum atomic E-state index is 13.0. The summed E-state index contributed by atoms with van der Waals surface area (Å²) >= 11 is 0. The Balaban J connectivity index is 1.68. The van der Waals surface area contributed by atoms with Crippen molar-refractivity contribution in [1.82, 2.24) is 4.90 Å². The normalized spacial score (nSPS) is 14.6. The van der Waals surface area contributed by atoms with Gasteiger partial charge in [-0.2, -0.15) is 8.42 Å². The minimum atomic E-state index is -4.03. The van der Waals surface area contributed by atoms with Gasteiger partial charge in [0.05, 0.1) is 0 Å². The molecule has 2 aromatic rings. The molecule has 0 radical (unpaired) electrons. The van der Waals surface area contributed by atoms with E-state index in [4.69, 9.17) is 4.18 Å². The van der Waals surface area contributed by atoms with Crippen molar-refractivity contribution in [2.24, 2.45) is 5.92 Å². The average Bonchev–Trinajstić information content (AvgIpc) is 2.59. The maximum absolute atomic E-state index is 13.0. The Hall–Kier alpha value is -2.41. The maximum Gasteiger partial charge on any atom is 0.339 e. The molecule has 1 aliphatic rings. The van der Waals surface area contributed by atoms with E-state index in [0.717, 1.165) is 49.1 Å². The molecule has 0 heterocycles. The molecule has 28 heavy (non-hydrogen) atoms. The van der Waals surface area contributed by atoms with Gasteiger partial charge in [0.1, 0.15) is 16.5 Å². The Morgan fingerprint density at radius 3 is 2.21 bits per heavy atom. The van der Waals surface area contributed by atoms with Gasteiger partial charge in [0.2, 0.25) is 5.91 Å². The molecule has 1 amide bonds. The molecule has 150 valence electrons. The van der Waals surface area contributed by atoms with Gasteiger partial charge in [-0.1, -0.05) is 18.6 Å². The van der Waals surface area contributed by atoms with E-state index >= 15 is 0 Å². The van der Waals surface area contributed by atoms with Gasteiger partial charge >= 0.3 is 10.1 Å². The van der Waals surface area contributed by atoms with Gasteiger partial charge < -0.3 is 9.08 Å². The fourth-order valence-electron chi connectivity index (χ4n) is 3.03. The zero-order chi connectivity index (χ0) is 20.3. The molecule has 0 aromatic heterocycles. The summed E-state index contributed by atoms with van der Waals surface area (Å²) in [5.41, 5.74) is 0.896. The first-order valence-electron chi connectivity index (χ1n) is 9.36. The summed E-state index contributed by atoms with van der Waals surface area (Å²) in [4.78, 5) is 14.3. The minimum Gasteiger partial charge on any atom is -0.379 e. The Bertz CT molecular complexity index is 920. The molecule has 0 spiro atoms. The van der Waals surface area contributed by atoms with Crippen LogP contribution in [0.1, 0.15) is 38.7 Å². The molecule has 0 saturated heterocycles. The zero-order valence-corrected chi connectivity index (χ0v) is 16.8. The van der Waals surface area contributed by atoms with E-state index < -0.39 is 15.9 Å². The van der Waals surface area contributed by atoms with Crippen molar-refractivity contribution in [3.63, 3.8) is 0 Å². The van der Waals surface area contributed by atoms with Crippen LogP contribution in [-0.4, -0.2) is 25.3 Å². The Labute approximate surface area is 165 Å². The van der Waals surface area contributed by atoms with E-state index in [0.29, 0.717) is 6.54 Å². The van der Waals surface area contributed by atoms with Gasteiger partial charge in [-0.15, -0.1) is 0 Å². The van der Waals surface area contributed by atoms with Gasteiger partial charge in [0.15, 0.2) is 0 Å². The quantitative estimate of drug-likeness (QED) is 0.650. The van der Waals surface area contributed by atoms with Gasteiger partial charge in [-0.05, 0) is 68.7 Å². The van der Waals surface area contributed by atoms with Crippen molar-refractivity contribution < 1.29 is 21.8 Å². The summed E-state index contributed by atoms with van der Waals surface area (Å²) in [6.07, 6.45) is 3.02. The van der Waals surface area contributed by atoms with Crippen LogP contribution in [0.15, 0.2) is 53.4 Å². The highest BCUT2D eigenvalue weighted by molar-refractivity contribution is 7.87. The lowest BCUT2D eigenvalue weighted by atomic mass is 9.84. The van der Waals surface area contributed by atoms with Crippen molar-refractivity contribution in [2.45, 2.75) is 50.6 Å². The first-order valence-corrected chi connectivity index (χ1v) is 10.8. The summed E-state index contributed by atoms with van der Waals surface area (Å²) in [6, 6.07) is 11.2. The number of hydrogen-bond acceptors (Lipinski definition) is 4. The highest BCUT2D eigenvalue weighted by Crippen LogP contribution is 2.29. The van der Waals surface area contributed by atoms with Crippen LogP contribution >= 0.6 is 0 Å². The SMILES string of the molecule is CC(C)N(Cc1ccc(OS(=O)(=O)c2ccc(F)cc2)cc1)C(=O)C1CCC1. The number of carbonyl (C=O) groups excluding carboxylic acids is 1. The molecule has 0 aliphatic heterocycles. The lowest BCUT2D eigenvalue weighted by molar-refractivity contribution is -0.140. The van der Waals surface area contributed by atoms with Gasteiger partial charge in [-0.25, -0.2) is 4.39 Å². The smallest absolute Gasteiger partial charge is 0.339 e. The van der Waals surface area contributed by atoms with Crippen LogP contribution < -0.4 is 4.18 Å². The standard InChI is InChI=1S/C21H24FNO4S/c1-15(2)23(21(24)17-4-3-5-17)14-16-6-10-19(11-7-16)27-28(25,26)20-12-8-18(22)9-13-20/h6-13,15,17H,3-5,14H2,1-2H3. The molecule has 0 bridgehead atoms. The third-order valence-electron chi connectivity index (χ3n) is 4.95. The second-order valence-corrected chi connectivity index (χ2v) is 8.87. The van der Waals surface area contributed by atoms with Gasteiger partial charge in [-0.3, -0.25) is 4.79 Å². The molecule has 0 atom stereocenters. The number of hydrogen-bond donors (Lipinski definition) is 0. The largest absolute Gasteiger partial charge is 0.379 e. The predicted octanol–water partition coefficient (Wildman–Crippen LogP) is 4.13. The van der Waals surface area contributed by atoms with E-state index in [2.05, 4.69) is 0 Å². The minimum absolute atomic E-state index is 0.0860. The summed E-state index contributed by atoms with van der Waals surface area (Å²) in [6.45, 7) is 4.45. The van der Waals surface area contributed by atoms with E-state index in [1.807, 2.05) is 18.7 Å². The van der Waals surface area contributed by atoms with E-state index in [9.17, 15) is 17.6 Å². The third kappa shape index (κ3) is 4.70. The van der Waals surface area contributed by atoms with Crippen molar-refractivity contribution in [3.05, 3.63) is 59.9 Å². The number of carbonyl (C=O) groups is 1.